The Balaban J connectivity index is 1.47. The SMILES string of the molecule is O=c1[nH]c2c(C3CCN(Cc4ccccc4)C3)cccc2cc1S(=O)(=O)c1ccccc1. The van der Waals surface area contributed by atoms with Crippen LogP contribution in [0.2, 0.25) is 0 Å². The highest BCUT2D eigenvalue weighted by atomic mass is 32.2. The molecule has 1 atom stereocenters. The Hall–Kier alpha value is -3.22. The summed E-state index contributed by atoms with van der Waals surface area (Å²) in [6.07, 6.45) is 0.998. The lowest BCUT2D eigenvalue weighted by molar-refractivity contribution is 0.327. The molecule has 0 aliphatic carbocycles. The van der Waals surface area contributed by atoms with Crippen molar-refractivity contribution >= 4 is 20.7 Å². The Labute approximate surface area is 187 Å². The summed E-state index contributed by atoms with van der Waals surface area (Å²) < 4.78 is 26.1. The highest BCUT2D eigenvalue weighted by Gasteiger charge is 2.27. The van der Waals surface area contributed by atoms with Crippen LogP contribution >= 0.6 is 0 Å². The molecule has 0 saturated carbocycles. The Bertz CT molecular complexity index is 1410. The van der Waals surface area contributed by atoms with Crippen molar-refractivity contribution < 1.29 is 8.42 Å². The predicted molar refractivity (Wildman–Crippen MR) is 126 cm³/mol. The van der Waals surface area contributed by atoms with Crippen LogP contribution in [0, 0.1) is 0 Å². The summed E-state index contributed by atoms with van der Waals surface area (Å²) in [5, 5.41) is 0.734. The highest BCUT2D eigenvalue weighted by molar-refractivity contribution is 7.91. The number of hydrogen-bond acceptors (Lipinski definition) is 4. The van der Waals surface area contributed by atoms with Crippen LogP contribution in [0.1, 0.15) is 23.5 Å². The number of hydrogen-bond donors (Lipinski definition) is 1. The second kappa shape index (κ2) is 8.37. The molecule has 3 aromatic carbocycles. The van der Waals surface area contributed by atoms with Gasteiger partial charge in [-0.05, 0) is 53.6 Å². The fourth-order valence-corrected chi connectivity index (χ4v) is 5.92. The van der Waals surface area contributed by atoms with Gasteiger partial charge in [0.1, 0.15) is 4.90 Å². The molecule has 1 saturated heterocycles. The van der Waals surface area contributed by atoms with Gasteiger partial charge in [-0.1, -0.05) is 66.7 Å². The van der Waals surface area contributed by atoms with Gasteiger partial charge >= 0.3 is 0 Å². The minimum Gasteiger partial charge on any atom is -0.321 e. The molecule has 0 bridgehead atoms. The smallest absolute Gasteiger partial charge is 0.267 e. The van der Waals surface area contributed by atoms with Crippen molar-refractivity contribution in [3.8, 4) is 0 Å². The molecule has 1 fully saturated rings. The van der Waals surface area contributed by atoms with Crippen LogP contribution < -0.4 is 5.56 Å². The maximum Gasteiger partial charge on any atom is 0.267 e. The summed E-state index contributed by atoms with van der Waals surface area (Å²) in [4.78, 5) is 18.1. The van der Waals surface area contributed by atoms with Gasteiger partial charge in [0.05, 0.1) is 10.4 Å². The fraction of sp³-hybridized carbons (Fsp3) is 0.192. The summed E-state index contributed by atoms with van der Waals surface area (Å²) >= 11 is 0. The number of likely N-dealkylation sites (tertiary alicyclic amines) is 1. The summed E-state index contributed by atoms with van der Waals surface area (Å²) in [7, 11) is -3.89. The molecule has 4 aromatic rings. The van der Waals surface area contributed by atoms with Crippen molar-refractivity contribution in [3.63, 3.8) is 0 Å². The molecular formula is C26H24N2O3S. The molecule has 0 amide bonds. The first-order valence-corrected chi connectivity index (χ1v) is 12.2. The molecule has 162 valence electrons. The number of fused-ring (bicyclic) bond motifs is 1. The van der Waals surface area contributed by atoms with Crippen LogP contribution in [0.4, 0.5) is 0 Å². The quantitative estimate of drug-likeness (QED) is 0.497. The lowest BCUT2D eigenvalue weighted by atomic mass is 9.95. The van der Waals surface area contributed by atoms with E-state index in [4.69, 9.17) is 0 Å². The number of aromatic amines is 1. The third-order valence-corrected chi connectivity index (χ3v) is 7.96. The third-order valence-electron chi connectivity index (χ3n) is 6.18. The minimum absolute atomic E-state index is 0.119. The van der Waals surface area contributed by atoms with E-state index in [-0.39, 0.29) is 15.7 Å². The van der Waals surface area contributed by atoms with E-state index in [0.717, 1.165) is 42.5 Å². The number of H-pyrrole nitrogens is 1. The Morgan fingerprint density at radius 2 is 1.62 bits per heavy atom. The number of rotatable bonds is 5. The van der Waals surface area contributed by atoms with Gasteiger partial charge in [0.2, 0.25) is 9.84 Å². The van der Waals surface area contributed by atoms with E-state index in [1.807, 2.05) is 24.3 Å². The third kappa shape index (κ3) is 3.87. The van der Waals surface area contributed by atoms with Gasteiger partial charge in [0.25, 0.3) is 5.56 Å². The Kier molecular flexibility index (Phi) is 5.41. The van der Waals surface area contributed by atoms with Crippen molar-refractivity contribution in [2.24, 2.45) is 0 Å². The van der Waals surface area contributed by atoms with Crippen molar-refractivity contribution in [2.75, 3.05) is 13.1 Å². The van der Waals surface area contributed by atoms with Crippen LogP contribution in [0.25, 0.3) is 10.9 Å². The topological polar surface area (TPSA) is 70.2 Å². The molecule has 5 nitrogen and oxygen atoms in total. The van der Waals surface area contributed by atoms with Gasteiger partial charge in [-0.2, -0.15) is 0 Å². The standard InChI is InChI=1S/C26H24N2O3S/c29-26-24(32(30,31)22-11-5-2-6-12-22)16-20-10-7-13-23(25(20)27-26)21-14-15-28(18-21)17-19-8-3-1-4-9-19/h1-13,16,21H,14-15,17-18H2,(H,27,29). The van der Waals surface area contributed by atoms with Gasteiger partial charge in [-0.25, -0.2) is 8.42 Å². The first-order chi connectivity index (χ1) is 15.5. The molecule has 0 radical (unpaired) electrons. The summed E-state index contributed by atoms with van der Waals surface area (Å²) in [6.45, 7) is 2.79. The molecule has 5 rings (SSSR count). The fourth-order valence-electron chi connectivity index (χ4n) is 4.57. The molecule has 1 N–H and O–H groups in total. The molecular weight excluding hydrogens is 420 g/mol. The maximum absolute atomic E-state index is 13.0. The zero-order valence-corrected chi connectivity index (χ0v) is 18.4. The number of sulfone groups is 1. The van der Waals surface area contributed by atoms with Crippen molar-refractivity contribution in [1.82, 2.24) is 9.88 Å². The highest BCUT2D eigenvalue weighted by Crippen LogP contribution is 2.32. The monoisotopic (exact) mass is 444 g/mol. The first kappa shape index (κ1) is 20.7. The van der Waals surface area contributed by atoms with Gasteiger partial charge in [-0.3, -0.25) is 9.69 Å². The van der Waals surface area contributed by atoms with E-state index in [0.29, 0.717) is 0 Å². The number of aromatic nitrogens is 1. The number of nitrogens with zero attached hydrogens (tertiary/aromatic N) is 1. The molecule has 1 aliphatic heterocycles. The second-order valence-corrected chi connectivity index (χ2v) is 10.2. The Morgan fingerprint density at radius 3 is 2.38 bits per heavy atom. The molecule has 0 spiro atoms. The van der Waals surface area contributed by atoms with Gasteiger partial charge in [0, 0.05) is 13.1 Å². The van der Waals surface area contributed by atoms with Crippen molar-refractivity contribution in [2.45, 2.75) is 28.7 Å². The van der Waals surface area contributed by atoms with E-state index in [2.05, 4.69) is 34.1 Å². The van der Waals surface area contributed by atoms with Crippen LogP contribution in [-0.2, 0) is 16.4 Å². The van der Waals surface area contributed by atoms with Crippen LogP contribution in [0.5, 0.6) is 0 Å². The molecule has 2 heterocycles. The summed E-state index contributed by atoms with van der Waals surface area (Å²) in [5.41, 5.74) is 2.51. The largest absolute Gasteiger partial charge is 0.321 e. The number of pyridine rings is 1. The number of benzene rings is 3. The van der Waals surface area contributed by atoms with E-state index in [1.54, 1.807) is 18.2 Å². The van der Waals surface area contributed by atoms with Gasteiger partial charge in [0.15, 0.2) is 0 Å². The minimum atomic E-state index is -3.89. The summed E-state index contributed by atoms with van der Waals surface area (Å²) in [6, 6.07) is 25.8. The molecule has 1 unspecified atom stereocenters. The lowest BCUT2D eigenvalue weighted by Gasteiger charge is -2.17. The van der Waals surface area contributed by atoms with E-state index < -0.39 is 15.4 Å². The average molecular weight is 445 g/mol. The molecule has 32 heavy (non-hydrogen) atoms. The van der Waals surface area contributed by atoms with Crippen molar-refractivity contribution in [1.29, 1.82) is 0 Å². The maximum atomic E-state index is 13.0. The predicted octanol–water partition coefficient (Wildman–Crippen LogP) is 4.35. The van der Waals surface area contributed by atoms with E-state index >= 15 is 0 Å². The lowest BCUT2D eigenvalue weighted by Crippen LogP contribution is -2.20. The van der Waals surface area contributed by atoms with Crippen LogP contribution in [-0.4, -0.2) is 31.4 Å². The average Bonchev–Trinajstić information content (AvgIpc) is 3.27. The van der Waals surface area contributed by atoms with E-state index in [1.165, 1.54) is 23.8 Å². The van der Waals surface area contributed by atoms with Crippen LogP contribution in [0.15, 0.2) is 99.5 Å². The zero-order chi connectivity index (χ0) is 22.1. The molecule has 6 heteroatoms. The normalized spacial score (nSPS) is 17.1. The summed E-state index contributed by atoms with van der Waals surface area (Å²) in [5.74, 6) is 0.287. The van der Waals surface area contributed by atoms with E-state index in [9.17, 15) is 13.2 Å². The Morgan fingerprint density at radius 1 is 0.906 bits per heavy atom. The van der Waals surface area contributed by atoms with Crippen LogP contribution in [0.3, 0.4) is 0 Å². The number of nitrogens with one attached hydrogen (secondary N) is 1. The molecule has 1 aliphatic rings. The van der Waals surface area contributed by atoms with Gasteiger partial charge < -0.3 is 4.98 Å². The number of para-hydroxylation sites is 1. The second-order valence-electron chi connectivity index (χ2n) is 8.30. The zero-order valence-electron chi connectivity index (χ0n) is 17.6. The van der Waals surface area contributed by atoms with Gasteiger partial charge in [-0.15, -0.1) is 0 Å². The molecule has 1 aromatic heterocycles. The van der Waals surface area contributed by atoms with Crippen molar-refractivity contribution in [3.05, 3.63) is 106 Å². The first-order valence-electron chi connectivity index (χ1n) is 10.7.